The molecule has 0 aromatic rings. The second-order valence-corrected chi connectivity index (χ2v) is 4.56. The maximum absolute atomic E-state index is 11.9. The van der Waals surface area contributed by atoms with Crippen molar-refractivity contribution in [2.24, 2.45) is 5.41 Å². The van der Waals surface area contributed by atoms with Crippen molar-refractivity contribution in [3.63, 3.8) is 0 Å². The van der Waals surface area contributed by atoms with Gasteiger partial charge in [-0.05, 0) is 20.3 Å². The van der Waals surface area contributed by atoms with Crippen molar-refractivity contribution in [3.8, 4) is 0 Å². The molecule has 0 fully saturated rings. The van der Waals surface area contributed by atoms with Gasteiger partial charge >= 0.3 is 17.4 Å². The van der Waals surface area contributed by atoms with Crippen LogP contribution in [0.4, 0.5) is 13.2 Å². The molecule has 1 atom stereocenters. The molecule has 1 unspecified atom stereocenters. The van der Waals surface area contributed by atoms with Crippen LogP contribution in [0.1, 0.15) is 20.3 Å². The number of thioether (sulfide) groups is 1. The van der Waals surface area contributed by atoms with Crippen molar-refractivity contribution in [1.29, 1.82) is 0 Å². The van der Waals surface area contributed by atoms with Crippen LogP contribution in [0.2, 0.25) is 0 Å². The third-order valence-corrected chi connectivity index (χ3v) is 2.80. The van der Waals surface area contributed by atoms with Gasteiger partial charge in [0.15, 0.2) is 5.41 Å². The fourth-order valence-electron chi connectivity index (χ4n) is 0.958. The highest BCUT2D eigenvalue weighted by atomic mass is 32.2. The lowest BCUT2D eigenvalue weighted by Gasteiger charge is -2.22. The normalized spacial score (nSPS) is 15.1. The van der Waals surface area contributed by atoms with Crippen LogP contribution in [-0.2, 0) is 14.3 Å². The predicted molar refractivity (Wildman–Crippen MR) is 55.5 cm³/mol. The highest BCUT2D eigenvalue weighted by molar-refractivity contribution is 8.00. The number of carbonyl (C=O) groups is 2. The second kappa shape index (κ2) is 6.13. The summed E-state index contributed by atoms with van der Waals surface area (Å²) >= 11 is -0.358. The Hall–Kier alpha value is -0.920. The number of halogens is 3. The zero-order valence-electron chi connectivity index (χ0n) is 9.34. The highest BCUT2D eigenvalue weighted by Crippen LogP contribution is 2.34. The Balaban J connectivity index is 4.53. The van der Waals surface area contributed by atoms with Crippen molar-refractivity contribution in [1.82, 2.24) is 0 Å². The van der Waals surface area contributed by atoms with Crippen LogP contribution in [0.25, 0.3) is 0 Å². The van der Waals surface area contributed by atoms with E-state index in [0.29, 0.717) is 0 Å². The summed E-state index contributed by atoms with van der Waals surface area (Å²) in [5, 5.41) is 8.87. The van der Waals surface area contributed by atoms with E-state index < -0.39 is 35.0 Å². The van der Waals surface area contributed by atoms with Crippen LogP contribution in [-0.4, -0.2) is 34.9 Å². The number of aliphatic carboxylic acids is 1. The smallest absolute Gasteiger partial charge is 0.441 e. The molecule has 0 amide bonds. The van der Waals surface area contributed by atoms with Crippen molar-refractivity contribution in [2.75, 3.05) is 12.4 Å². The number of rotatable bonds is 6. The van der Waals surface area contributed by atoms with Gasteiger partial charge in [0.1, 0.15) is 0 Å². The van der Waals surface area contributed by atoms with Crippen molar-refractivity contribution in [2.45, 2.75) is 25.8 Å². The minimum Gasteiger partial charge on any atom is -0.480 e. The molecule has 0 spiro atoms. The van der Waals surface area contributed by atoms with Gasteiger partial charge in [0, 0.05) is 5.75 Å². The van der Waals surface area contributed by atoms with E-state index in [1.165, 1.54) is 6.92 Å². The standard InChI is InChI=1S/C9H13F3O4S/c1-3-16-7(15)8(2,6(13)14)4-5-17-9(10,11)12/h3-5H2,1-2H3,(H,13,14). The highest BCUT2D eigenvalue weighted by Gasteiger charge is 2.43. The summed E-state index contributed by atoms with van der Waals surface area (Å²) in [5.74, 6) is -3.01. The molecule has 0 aromatic heterocycles. The van der Waals surface area contributed by atoms with Gasteiger partial charge in [-0.25, -0.2) is 0 Å². The minimum atomic E-state index is -4.44. The molecule has 0 aliphatic carbocycles. The average molecular weight is 274 g/mol. The molecule has 0 bridgehead atoms. The van der Waals surface area contributed by atoms with Crippen LogP contribution in [0.3, 0.4) is 0 Å². The molecule has 8 heteroatoms. The minimum absolute atomic E-state index is 0.0197. The monoisotopic (exact) mass is 274 g/mol. The first-order chi connectivity index (χ1) is 7.63. The Kier molecular flexibility index (Phi) is 5.80. The van der Waals surface area contributed by atoms with E-state index >= 15 is 0 Å². The molecule has 0 aromatic carbocycles. The van der Waals surface area contributed by atoms with Crippen LogP contribution in [0.15, 0.2) is 0 Å². The Morgan fingerprint density at radius 2 is 1.88 bits per heavy atom. The molecule has 0 saturated heterocycles. The van der Waals surface area contributed by atoms with E-state index in [-0.39, 0.29) is 18.4 Å². The van der Waals surface area contributed by atoms with Gasteiger partial charge < -0.3 is 9.84 Å². The third kappa shape index (κ3) is 5.29. The third-order valence-electron chi connectivity index (χ3n) is 2.07. The zero-order chi connectivity index (χ0) is 13.7. The van der Waals surface area contributed by atoms with E-state index in [2.05, 4.69) is 4.74 Å². The van der Waals surface area contributed by atoms with Crippen LogP contribution < -0.4 is 0 Å². The lowest BCUT2D eigenvalue weighted by Crippen LogP contribution is -2.38. The van der Waals surface area contributed by atoms with Gasteiger partial charge in [-0.3, -0.25) is 9.59 Å². The number of alkyl halides is 3. The van der Waals surface area contributed by atoms with E-state index in [0.717, 1.165) is 6.92 Å². The predicted octanol–water partition coefficient (Wildman–Crippen LogP) is 2.28. The van der Waals surface area contributed by atoms with Gasteiger partial charge in [0.2, 0.25) is 0 Å². The fourth-order valence-corrected chi connectivity index (χ4v) is 1.70. The molecule has 17 heavy (non-hydrogen) atoms. The SMILES string of the molecule is CCOC(=O)C(C)(CCSC(F)(F)F)C(=O)O. The fraction of sp³-hybridized carbons (Fsp3) is 0.778. The van der Waals surface area contributed by atoms with Gasteiger partial charge in [0.25, 0.3) is 0 Å². The number of carbonyl (C=O) groups excluding carboxylic acids is 1. The summed E-state index contributed by atoms with van der Waals surface area (Å²) in [5.41, 5.74) is -6.37. The van der Waals surface area contributed by atoms with Crippen LogP contribution >= 0.6 is 11.8 Å². The quantitative estimate of drug-likeness (QED) is 0.594. The summed E-state index contributed by atoms with van der Waals surface area (Å²) < 4.78 is 40.2. The summed E-state index contributed by atoms with van der Waals surface area (Å²) in [7, 11) is 0. The molecule has 1 N–H and O–H groups in total. The van der Waals surface area contributed by atoms with Gasteiger partial charge in [-0.1, -0.05) is 11.8 Å². The molecule has 0 aliphatic rings. The number of ether oxygens (including phenoxy) is 1. The first-order valence-electron chi connectivity index (χ1n) is 4.75. The van der Waals surface area contributed by atoms with Crippen LogP contribution in [0.5, 0.6) is 0 Å². The van der Waals surface area contributed by atoms with E-state index in [4.69, 9.17) is 5.11 Å². The maximum Gasteiger partial charge on any atom is 0.441 e. The van der Waals surface area contributed by atoms with Crippen molar-refractivity contribution in [3.05, 3.63) is 0 Å². The molecule has 100 valence electrons. The lowest BCUT2D eigenvalue weighted by molar-refractivity contribution is -0.167. The Labute approximate surface area is 101 Å². The first kappa shape index (κ1) is 16.1. The Morgan fingerprint density at radius 3 is 2.24 bits per heavy atom. The summed E-state index contributed by atoms with van der Waals surface area (Å²) in [6.45, 7) is 2.53. The first-order valence-corrected chi connectivity index (χ1v) is 5.73. The maximum atomic E-state index is 11.9. The Morgan fingerprint density at radius 1 is 1.35 bits per heavy atom. The lowest BCUT2D eigenvalue weighted by atomic mass is 9.88. The van der Waals surface area contributed by atoms with Gasteiger partial charge in [-0.2, -0.15) is 13.2 Å². The molecule has 0 heterocycles. The molecule has 0 rings (SSSR count). The van der Waals surface area contributed by atoms with E-state index in [9.17, 15) is 22.8 Å². The number of hydrogen-bond donors (Lipinski definition) is 1. The van der Waals surface area contributed by atoms with E-state index in [1.54, 1.807) is 0 Å². The Bertz CT molecular complexity index is 292. The van der Waals surface area contributed by atoms with Gasteiger partial charge in [-0.15, -0.1) is 0 Å². The molecule has 4 nitrogen and oxygen atoms in total. The number of carboxylic acid groups (broad SMARTS) is 1. The number of esters is 1. The molecular formula is C9H13F3O4S. The second-order valence-electron chi connectivity index (χ2n) is 3.40. The molecule has 0 radical (unpaired) electrons. The molecule has 0 saturated carbocycles. The summed E-state index contributed by atoms with van der Waals surface area (Å²) in [6, 6.07) is 0. The number of carboxylic acids is 1. The zero-order valence-corrected chi connectivity index (χ0v) is 10.2. The average Bonchev–Trinajstić information content (AvgIpc) is 2.15. The topological polar surface area (TPSA) is 63.6 Å². The largest absolute Gasteiger partial charge is 0.480 e. The van der Waals surface area contributed by atoms with Gasteiger partial charge in [0.05, 0.1) is 6.61 Å². The van der Waals surface area contributed by atoms with Crippen molar-refractivity contribution >= 4 is 23.7 Å². The summed E-state index contributed by atoms with van der Waals surface area (Å²) in [6.07, 6.45) is -0.439. The summed E-state index contributed by atoms with van der Waals surface area (Å²) in [4.78, 5) is 22.3. The van der Waals surface area contributed by atoms with E-state index in [1.807, 2.05) is 0 Å². The molecular weight excluding hydrogens is 261 g/mol. The molecule has 0 aliphatic heterocycles. The van der Waals surface area contributed by atoms with Crippen molar-refractivity contribution < 1.29 is 32.6 Å². The number of hydrogen-bond acceptors (Lipinski definition) is 4. The van der Waals surface area contributed by atoms with Crippen LogP contribution in [0, 0.1) is 5.41 Å².